The van der Waals surface area contributed by atoms with Gasteiger partial charge in [-0.2, -0.15) is 0 Å². The SMILES string of the molecule is CCCN1CCC(NC(=O)[C@@H]2C[C@@H]2C(=O)O)CC1. The molecule has 0 aromatic carbocycles. The van der Waals surface area contributed by atoms with Gasteiger partial charge in [-0.15, -0.1) is 0 Å². The highest BCUT2D eigenvalue weighted by atomic mass is 16.4. The molecule has 5 heteroatoms. The quantitative estimate of drug-likeness (QED) is 0.757. The van der Waals surface area contributed by atoms with Crippen molar-refractivity contribution in [2.45, 2.75) is 38.6 Å². The van der Waals surface area contributed by atoms with Gasteiger partial charge in [0.05, 0.1) is 11.8 Å². The van der Waals surface area contributed by atoms with Crippen LogP contribution in [0.2, 0.25) is 0 Å². The lowest BCUT2D eigenvalue weighted by Gasteiger charge is -2.32. The Morgan fingerprint density at radius 3 is 2.44 bits per heavy atom. The molecule has 2 N–H and O–H groups in total. The van der Waals surface area contributed by atoms with E-state index < -0.39 is 11.9 Å². The fourth-order valence-corrected chi connectivity index (χ4v) is 2.68. The van der Waals surface area contributed by atoms with E-state index in [9.17, 15) is 9.59 Å². The van der Waals surface area contributed by atoms with Gasteiger partial charge in [0.1, 0.15) is 0 Å². The first kappa shape index (κ1) is 13.3. The lowest BCUT2D eigenvalue weighted by Crippen LogP contribution is -2.45. The molecule has 2 aliphatic rings. The molecule has 102 valence electrons. The number of amides is 1. The van der Waals surface area contributed by atoms with E-state index in [4.69, 9.17) is 5.11 Å². The molecule has 5 nitrogen and oxygen atoms in total. The Bertz CT molecular complexity index is 324. The average Bonchev–Trinajstić information content (AvgIpc) is 3.12. The third kappa shape index (κ3) is 3.22. The van der Waals surface area contributed by atoms with Gasteiger partial charge in [0.15, 0.2) is 0 Å². The first-order valence-electron chi connectivity index (χ1n) is 6.87. The number of carbonyl (C=O) groups excluding carboxylic acids is 1. The molecule has 0 aromatic heterocycles. The summed E-state index contributed by atoms with van der Waals surface area (Å²) in [5.41, 5.74) is 0. The van der Waals surface area contributed by atoms with Crippen LogP contribution in [0.5, 0.6) is 0 Å². The fraction of sp³-hybridized carbons (Fsp3) is 0.846. The van der Waals surface area contributed by atoms with Gasteiger partial charge in [-0.3, -0.25) is 9.59 Å². The molecule has 0 radical (unpaired) electrons. The predicted octanol–water partition coefficient (Wildman–Crippen LogP) is 0.698. The second kappa shape index (κ2) is 5.69. The fourth-order valence-electron chi connectivity index (χ4n) is 2.68. The molecule has 1 saturated heterocycles. The zero-order valence-corrected chi connectivity index (χ0v) is 10.9. The highest BCUT2D eigenvalue weighted by Crippen LogP contribution is 2.38. The van der Waals surface area contributed by atoms with Gasteiger partial charge < -0.3 is 15.3 Å². The lowest BCUT2D eigenvalue weighted by atomic mass is 10.0. The first-order chi connectivity index (χ1) is 8.61. The Kier molecular flexibility index (Phi) is 4.22. The van der Waals surface area contributed by atoms with Crippen LogP contribution in [0.15, 0.2) is 0 Å². The van der Waals surface area contributed by atoms with Gasteiger partial charge >= 0.3 is 5.97 Å². The van der Waals surface area contributed by atoms with Gasteiger partial charge in [-0.25, -0.2) is 0 Å². The van der Waals surface area contributed by atoms with Crippen molar-refractivity contribution in [2.24, 2.45) is 11.8 Å². The van der Waals surface area contributed by atoms with Crippen LogP contribution < -0.4 is 5.32 Å². The molecule has 0 bridgehead atoms. The van der Waals surface area contributed by atoms with Crippen LogP contribution in [0.25, 0.3) is 0 Å². The number of piperidine rings is 1. The molecule has 0 spiro atoms. The van der Waals surface area contributed by atoms with Gasteiger partial charge in [-0.1, -0.05) is 6.92 Å². The van der Waals surface area contributed by atoms with Crippen LogP contribution in [0.3, 0.4) is 0 Å². The number of likely N-dealkylation sites (tertiary alicyclic amines) is 1. The summed E-state index contributed by atoms with van der Waals surface area (Å²) in [4.78, 5) is 24.9. The van der Waals surface area contributed by atoms with Gasteiger partial charge in [0.2, 0.25) is 5.91 Å². The number of rotatable bonds is 5. The van der Waals surface area contributed by atoms with Crippen molar-refractivity contribution in [1.82, 2.24) is 10.2 Å². The monoisotopic (exact) mass is 254 g/mol. The normalized spacial score (nSPS) is 28.9. The van der Waals surface area contributed by atoms with Crippen molar-refractivity contribution in [3.63, 3.8) is 0 Å². The summed E-state index contributed by atoms with van der Waals surface area (Å²) < 4.78 is 0. The van der Waals surface area contributed by atoms with E-state index in [1.807, 2.05) is 0 Å². The van der Waals surface area contributed by atoms with Crippen molar-refractivity contribution in [3.8, 4) is 0 Å². The maximum absolute atomic E-state index is 11.8. The third-order valence-electron chi connectivity index (χ3n) is 3.92. The molecule has 2 rings (SSSR count). The van der Waals surface area contributed by atoms with Crippen LogP contribution >= 0.6 is 0 Å². The molecule has 0 aromatic rings. The number of carboxylic acid groups (broad SMARTS) is 1. The molecular weight excluding hydrogens is 232 g/mol. The van der Waals surface area contributed by atoms with Gasteiger partial charge in [-0.05, 0) is 32.2 Å². The lowest BCUT2D eigenvalue weighted by molar-refractivity contribution is -0.140. The minimum absolute atomic E-state index is 0.0589. The summed E-state index contributed by atoms with van der Waals surface area (Å²) in [7, 11) is 0. The van der Waals surface area contributed by atoms with E-state index in [0.717, 1.165) is 32.5 Å². The van der Waals surface area contributed by atoms with Crippen LogP contribution in [0.4, 0.5) is 0 Å². The Hall–Kier alpha value is -1.10. The number of hydrogen-bond acceptors (Lipinski definition) is 3. The number of carboxylic acids is 1. The zero-order valence-electron chi connectivity index (χ0n) is 10.9. The highest BCUT2D eigenvalue weighted by Gasteiger charge is 2.48. The summed E-state index contributed by atoms with van der Waals surface area (Å²) >= 11 is 0. The summed E-state index contributed by atoms with van der Waals surface area (Å²) in [6.45, 7) is 5.37. The number of carbonyl (C=O) groups is 2. The van der Waals surface area contributed by atoms with E-state index in [1.54, 1.807) is 0 Å². The smallest absolute Gasteiger partial charge is 0.307 e. The Morgan fingerprint density at radius 1 is 1.28 bits per heavy atom. The molecule has 1 saturated carbocycles. The van der Waals surface area contributed by atoms with Crippen molar-refractivity contribution >= 4 is 11.9 Å². The summed E-state index contributed by atoms with van der Waals surface area (Å²) in [6.07, 6.45) is 3.64. The van der Waals surface area contributed by atoms with Gasteiger partial charge in [0.25, 0.3) is 0 Å². The molecule has 1 heterocycles. The van der Waals surface area contributed by atoms with Crippen LogP contribution in [-0.2, 0) is 9.59 Å². The molecule has 2 atom stereocenters. The Balaban J connectivity index is 1.69. The molecule has 18 heavy (non-hydrogen) atoms. The van der Waals surface area contributed by atoms with Crippen molar-refractivity contribution in [3.05, 3.63) is 0 Å². The number of hydrogen-bond donors (Lipinski definition) is 2. The van der Waals surface area contributed by atoms with E-state index in [0.29, 0.717) is 6.42 Å². The van der Waals surface area contributed by atoms with E-state index in [2.05, 4.69) is 17.1 Å². The van der Waals surface area contributed by atoms with Crippen LogP contribution in [0.1, 0.15) is 32.6 Å². The first-order valence-corrected chi connectivity index (χ1v) is 6.87. The molecule has 2 fully saturated rings. The van der Waals surface area contributed by atoms with Crippen LogP contribution in [-0.4, -0.2) is 47.6 Å². The van der Waals surface area contributed by atoms with Crippen molar-refractivity contribution in [2.75, 3.05) is 19.6 Å². The predicted molar refractivity (Wildman–Crippen MR) is 67.1 cm³/mol. The number of nitrogens with zero attached hydrogens (tertiary/aromatic N) is 1. The molecule has 1 aliphatic carbocycles. The Morgan fingerprint density at radius 2 is 1.94 bits per heavy atom. The Labute approximate surface area is 108 Å². The topological polar surface area (TPSA) is 69.6 Å². The highest BCUT2D eigenvalue weighted by molar-refractivity contribution is 5.89. The second-order valence-electron chi connectivity index (χ2n) is 5.41. The summed E-state index contributed by atoms with van der Waals surface area (Å²) in [6, 6.07) is 0.237. The molecular formula is C13H22N2O3. The standard InChI is InChI=1S/C13H22N2O3/c1-2-5-15-6-3-9(4-7-15)14-12(16)10-8-11(10)13(17)18/h9-11H,2-8H2,1H3,(H,14,16)(H,17,18)/t10-,11+/m1/s1. The van der Waals surface area contributed by atoms with Crippen molar-refractivity contribution in [1.29, 1.82) is 0 Å². The molecule has 0 unspecified atom stereocenters. The van der Waals surface area contributed by atoms with Crippen LogP contribution in [0, 0.1) is 11.8 Å². The zero-order chi connectivity index (χ0) is 13.1. The third-order valence-corrected chi connectivity index (χ3v) is 3.92. The molecule has 1 amide bonds. The largest absolute Gasteiger partial charge is 0.481 e. The van der Waals surface area contributed by atoms with E-state index in [1.165, 1.54) is 6.42 Å². The van der Waals surface area contributed by atoms with Crippen molar-refractivity contribution < 1.29 is 14.7 Å². The average molecular weight is 254 g/mol. The maximum Gasteiger partial charge on any atom is 0.307 e. The number of nitrogens with one attached hydrogen (secondary N) is 1. The minimum Gasteiger partial charge on any atom is -0.481 e. The van der Waals surface area contributed by atoms with Gasteiger partial charge in [0, 0.05) is 19.1 Å². The summed E-state index contributed by atoms with van der Waals surface area (Å²) in [5, 5.41) is 11.8. The second-order valence-corrected chi connectivity index (χ2v) is 5.41. The maximum atomic E-state index is 11.8. The van der Waals surface area contributed by atoms with E-state index >= 15 is 0 Å². The van der Waals surface area contributed by atoms with E-state index in [-0.39, 0.29) is 17.9 Å². The molecule has 1 aliphatic heterocycles. The minimum atomic E-state index is -0.840. The summed E-state index contributed by atoms with van der Waals surface area (Å²) in [5.74, 6) is -1.62. The number of aliphatic carboxylic acids is 1.